The monoisotopic (exact) mass is 718 g/mol. The van der Waals surface area contributed by atoms with Crippen LogP contribution >= 0.6 is 0 Å². The van der Waals surface area contributed by atoms with Gasteiger partial charge in [0.25, 0.3) is 5.91 Å². The molecule has 1 aliphatic heterocycles. The highest BCUT2D eigenvalue weighted by atomic mass is 19.4. The average Bonchev–Trinajstić information content (AvgIpc) is 3.04. The third-order valence-corrected chi connectivity index (χ3v) is 8.23. The normalized spacial score (nSPS) is 20.2. The molecule has 0 saturated carbocycles. The molecule has 0 aliphatic carbocycles. The molecule has 0 radical (unpaired) electrons. The number of carbonyl (C=O) groups is 3. The first-order chi connectivity index (χ1) is 23.4. The van der Waals surface area contributed by atoms with Crippen LogP contribution in [0.25, 0.3) is 0 Å². The molecule has 3 rings (SSSR count). The van der Waals surface area contributed by atoms with Gasteiger partial charge in [-0.3, -0.25) is 9.59 Å². The van der Waals surface area contributed by atoms with Crippen molar-refractivity contribution in [2.45, 2.75) is 83.5 Å². The van der Waals surface area contributed by atoms with E-state index in [2.05, 4.69) is 10.6 Å². The Morgan fingerprint density at radius 2 is 1.68 bits per heavy atom. The molecule has 4 atom stereocenters. The maximum Gasteiger partial charge on any atom is 0.416 e. The summed E-state index contributed by atoms with van der Waals surface area (Å²) >= 11 is 0. The molecule has 2 aromatic carbocycles. The maximum atomic E-state index is 14.2. The minimum Gasteiger partial charge on any atom is -0.490 e. The van der Waals surface area contributed by atoms with Gasteiger partial charge in [0.2, 0.25) is 5.91 Å². The number of fused-ring (bicyclic) bond motifs is 1. The first-order valence-electron chi connectivity index (χ1n) is 16.3. The lowest BCUT2D eigenvalue weighted by atomic mass is 10.0. The molecule has 50 heavy (non-hydrogen) atoms. The van der Waals surface area contributed by atoms with Crippen molar-refractivity contribution in [3.63, 3.8) is 0 Å². The van der Waals surface area contributed by atoms with Crippen molar-refractivity contribution in [1.29, 1.82) is 0 Å². The highest BCUT2D eigenvalue weighted by molar-refractivity contribution is 5.99. The number of urea groups is 1. The summed E-state index contributed by atoms with van der Waals surface area (Å²) < 4.78 is 89.2. The number of aliphatic hydroxyl groups excluding tert-OH is 1. The average molecular weight is 719 g/mol. The molecule has 16 heteroatoms. The zero-order chi connectivity index (χ0) is 37.2. The molecule has 4 amide bonds. The number of hydrogen-bond donors (Lipinski definition) is 3. The summed E-state index contributed by atoms with van der Waals surface area (Å²) in [6, 6.07) is 6.95. The number of rotatable bonds is 8. The van der Waals surface area contributed by atoms with Gasteiger partial charge in [-0.05, 0) is 75.6 Å². The molecule has 1 aliphatic rings. The number of carbonyl (C=O) groups excluding carboxylic acids is 3. The summed E-state index contributed by atoms with van der Waals surface area (Å²) in [5.74, 6) is -1.68. The van der Waals surface area contributed by atoms with E-state index in [0.29, 0.717) is 25.9 Å². The SMILES string of the molecule is C[C@@H]1CCCCO[C@@H](CN(C)C(=O)Nc2ccc(C(F)(F)F)cc2)[C@H](C)CN([C@@H](C)CO)C(=O)c2cc(NC(=O)CCC(F)(F)F)ccc2O1. The number of likely N-dealkylation sites (N-methyl/N-ethyl adjacent to an activating group) is 1. The van der Waals surface area contributed by atoms with Crippen LogP contribution in [0.15, 0.2) is 42.5 Å². The van der Waals surface area contributed by atoms with Crippen LogP contribution in [0.4, 0.5) is 42.5 Å². The van der Waals surface area contributed by atoms with Gasteiger partial charge in [0.05, 0.1) is 42.4 Å². The number of benzene rings is 2. The van der Waals surface area contributed by atoms with Crippen LogP contribution in [0.1, 0.15) is 68.8 Å². The summed E-state index contributed by atoms with van der Waals surface area (Å²) in [7, 11) is 1.50. The second-order valence-corrected chi connectivity index (χ2v) is 12.6. The van der Waals surface area contributed by atoms with Crippen molar-refractivity contribution in [1.82, 2.24) is 9.80 Å². The molecule has 0 fully saturated rings. The molecule has 0 bridgehead atoms. The Kier molecular flexibility index (Phi) is 14.3. The zero-order valence-corrected chi connectivity index (χ0v) is 28.4. The summed E-state index contributed by atoms with van der Waals surface area (Å²) in [6.07, 6.45) is -10.2. The van der Waals surface area contributed by atoms with Gasteiger partial charge in [-0.15, -0.1) is 0 Å². The van der Waals surface area contributed by atoms with E-state index in [0.717, 1.165) is 24.3 Å². The Morgan fingerprint density at radius 1 is 1.02 bits per heavy atom. The van der Waals surface area contributed by atoms with Crippen LogP contribution in [0, 0.1) is 5.92 Å². The number of nitrogens with one attached hydrogen (secondary N) is 2. The van der Waals surface area contributed by atoms with E-state index < -0.39 is 73.3 Å². The van der Waals surface area contributed by atoms with E-state index in [1.807, 2.05) is 6.92 Å². The van der Waals surface area contributed by atoms with Crippen molar-refractivity contribution in [3.05, 3.63) is 53.6 Å². The molecule has 3 N–H and O–H groups in total. The number of anilines is 2. The highest BCUT2D eigenvalue weighted by Gasteiger charge is 2.33. The number of nitrogens with zero attached hydrogens (tertiary/aromatic N) is 2. The zero-order valence-electron chi connectivity index (χ0n) is 28.4. The Bertz CT molecular complexity index is 1440. The molecule has 10 nitrogen and oxygen atoms in total. The van der Waals surface area contributed by atoms with Crippen molar-refractivity contribution in [3.8, 4) is 5.75 Å². The summed E-state index contributed by atoms with van der Waals surface area (Å²) in [6.45, 7) is 5.24. The van der Waals surface area contributed by atoms with Gasteiger partial charge in [-0.2, -0.15) is 26.3 Å². The first kappa shape index (κ1) is 40.4. The van der Waals surface area contributed by atoms with Crippen LogP contribution in [0.2, 0.25) is 0 Å². The first-order valence-corrected chi connectivity index (χ1v) is 16.3. The Morgan fingerprint density at radius 3 is 2.30 bits per heavy atom. The van der Waals surface area contributed by atoms with Crippen molar-refractivity contribution in [2.24, 2.45) is 5.92 Å². The Balaban J connectivity index is 1.85. The van der Waals surface area contributed by atoms with E-state index in [1.165, 1.54) is 35.0 Å². The van der Waals surface area contributed by atoms with E-state index in [1.54, 1.807) is 13.8 Å². The number of alkyl halides is 6. The van der Waals surface area contributed by atoms with Gasteiger partial charge in [0.15, 0.2) is 0 Å². The number of hydrogen-bond acceptors (Lipinski definition) is 6. The third kappa shape index (κ3) is 12.4. The molecular weight excluding hydrogens is 674 g/mol. The number of halogens is 6. The lowest BCUT2D eigenvalue weighted by Crippen LogP contribution is -2.48. The number of amides is 4. The fourth-order valence-corrected chi connectivity index (χ4v) is 5.26. The predicted molar refractivity (Wildman–Crippen MR) is 174 cm³/mol. The van der Waals surface area contributed by atoms with Gasteiger partial charge >= 0.3 is 18.4 Å². The van der Waals surface area contributed by atoms with E-state index in [4.69, 9.17) is 9.47 Å². The Hall–Kier alpha value is -4.05. The lowest BCUT2D eigenvalue weighted by Gasteiger charge is -2.35. The second kappa shape index (κ2) is 17.7. The minimum absolute atomic E-state index is 0.0283. The standard InChI is InChI=1S/C34H44F6N4O6/c1-21-18-44(22(2)20-45)31(47)27-17-26(41-30(46)14-15-33(35,36)37)12-13-28(27)50-23(3)7-5-6-16-49-29(21)19-43(4)32(48)42-25-10-8-24(9-11-25)34(38,39)40/h8-13,17,21-23,29,45H,5-7,14-16,18-20H2,1-4H3,(H,41,46)(H,42,48)/t21-,22+,23-,29+/m1/s1. The number of aliphatic hydroxyl groups is 1. The largest absolute Gasteiger partial charge is 0.490 e. The Labute approximate surface area is 287 Å². The fraction of sp³-hybridized carbons (Fsp3) is 0.559. The van der Waals surface area contributed by atoms with Gasteiger partial charge in [0.1, 0.15) is 5.75 Å². The summed E-state index contributed by atoms with van der Waals surface area (Å²) in [4.78, 5) is 42.2. The van der Waals surface area contributed by atoms with E-state index in [9.17, 15) is 45.8 Å². The van der Waals surface area contributed by atoms with Gasteiger partial charge < -0.3 is 35.0 Å². The quantitative estimate of drug-likeness (QED) is 0.255. The smallest absolute Gasteiger partial charge is 0.416 e. The van der Waals surface area contributed by atoms with Crippen LogP contribution < -0.4 is 15.4 Å². The minimum atomic E-state index is -4.52. The van der Waals surface area contributed by atoms with Crippen LogP contribution in [-0.2, 0) is 15.7 Å². The summed E-state index contributed by atoms with van der Waals surface area (Å²) in [5.41, 5.74) is -0.574. The lowest BCUT2D eigenvalue weighted by molar-refractivity contribution is -0.142. The topological polar surface area (TPSA) is 120 Å². The van der Waals surface area contributed by atoms with Crippen LogP contribution in [0.3, 0.4) is 0 Å². The number of ether oxygens (including phenoxy) is 2. The van der Waals surface area contributed by atoms with E-state index in [-0.39, 0.29) is 41.9 Å². The molecule has 0 aromatic heterocycles. The fourth-order valence-electron chi connectivity index (χ4n) is 5.26. The summed E-state index contributed by atoms with van der Waals surface area (Å²) in [5, 5.41) is 15.1. The molecule has 0 spiro atoms. The molecule has 2 aromatic rings. The molecule has 0 unspecified atom stereocenters. The molecular formula is C34H44F6N4O6. The maximum absolute atomic E-state index is 14.2. The van der Waals surface area contributed by atoms with Crippen molar-refractivity contribution >= 4 is 29.2 Å². The van der Waals surface area contributed by atoms with Crippen LogP contribution in [0.5, 0.6) is 5.75 Å². The van der Waals surface area contributed by atoms with Gasteiger partial charge in [-0.1, -0.05) is 6.92 Å². The van der Waals surface area contributed by atoms with Crippen molar-refractivity contribution in [2.75, 3.05) is 44.0 Å². The molecule has 1 heterocycles. The third-order valence-electron chi connectivity index (χ3n) is 8.23. The van der Waals surface area contributed by atoms with Crippen molar-refractivity contribution < 1.29 is 55.3 Å². The van der Waals surface area contributed by atoms with E-state index >= 15 is 0 Å². The van der Waals surface area contributed by atoms with Gasteiger partial charge in [-0.25, -0.2) is 4.79 Å². The molecule has 0 saturated heterocycles. The second-order valence-electron chi connectivity index (χ2n) is 12.6. The molecule has 278 valence electrons. The predicted octanol–water partition coefficient (Wildman–Crippen LogP) is 6.95. The van der Waals surface area contributed by atoms with Crippen LogP contribution in [-0.4, -0.2) is 90.5 Å². The van der Waals surface area contributed by atoms with Gasteiger partial charge in [0, 0.05) is 50.5 Å². The highest BCUT2D eigenvalue weighted by Crippen LogP contribution is 2.31.